The van der Waals surface area contributed by atoms with Crippen LogP contribution in [0.2, 0.25) is 0 Å². The van der Waals surface area contributed by atoms with Gasteiger partial charge in [-0.2, -0.15) is 0 Å². The Labute approximate surface area is 176 Å². The summed E-state index contributed by atoms with van der Waals surface area (Å²) >= 11 is 4.02. The van der Waals surface area contributed by atoms with E-state index in [9.17, 15) is 0 Å². The van der Waals surface area contributed by atoms with Crippen molar-refractivity contribution in [2.45, 2.75) is 28.8 Å². The molecule has 6 N–H and O–H groups in total. The standard InChI is InChI=1S/C22H30N4S2/c23-6-4-15-10-16(5-7-24)12-19(11-15)20-14-26-22(28-20)18-3-1-2-17(13-18)21-25-8-9-27-21/h1-3,10-13,20-22,25-26H,4-9,14,23-24H2. The number of benzene rings is 2. The average Bonchev–Trinajstić information content (AvgIpc) is 3.41. The lowest BCUT2D eigenvalue weighted by Gasteiger charge is -2.16. The zero-order valence-electron chi connectivity index (χ0n) is 16.2. The Kier molecular flexibility index (Phi) is 6.99. The molecule has 28 heavy (non-hydrogen) atoms. The molecule has 2 aromatic rings. The molecule has 2 aliphatic rings. The van der Waals surface area contributed by atoms with Crippen molar-refractivity contribution in [1.82, 2.24) is 10.6 Å². The Morgan fingerprint density at radius 3 is 2.21 bits per heavy atom. The maximum Gasteiger partial charge on any atom is 0.0796 e. The highest BCUT2D eigenvalue weighted by molar-refractivity contribution is 8.00. The van der Waals surface area contributed by atoms with E-state index < -0.39 is 0 Å². The summed E-state index contributed by atoms with van der Waals surface area (Å²) in [5.41, 5.74) is 18.4. The Balaban J connectivity index is 1.50. The number of hydrogen-bond donors (Lipinski definition) is 4. The molecule has 0 aliphatic carbocycles. The van der Waals surface area contributed by atoms with Crippen molar-refractivity contribution in [2.24, 2.45) is 11.5 Å². The van der Waals surface area contributed by atoms with Crippen molar-refractivity contribution >= 4 is 23.5 Å². The molecular formula is C22H30N4S2. The van der Waals surface area contributed by atoms with Crippen LogP contribution in [0.4, 0.5) is 0 Å². The molecule has 4 nitrogen and oxygen atoms in total. The monoisotopic (exact) mass is 414 g/mol. The summed E-state index contributed by atoms with van der Waals surface area (Å²) in [5.74, 6) is 1.19. The van der Waals surface area contributed by atoms with E-state index in [0.717, 1.165) is 25.9 Å². The first-order valence-electron chi connectivity index (χ1n) is 10.1. The van der Waals surface area contributed by atoms with Crippen LogP contribution in [0.1, 0.15) is 43.8 Å². The Bertz CT molecular complexity index is 768. The predicted octanol–water partition coefficient (Wildman–Crippen LogP) is 3.10. The van der Waals surface area contributed by atoms with Gasteiger partial charge in [0.2, 0.25) is 0 Å². The first-order valence-corrected chi connectivity index (χ1v) is 12.1. The third-order valence-corrected chi connectivity index (χ3v) is 8.02. The number of nitrogens with one attached hydrogen (secondary N) is 2. The first kappa shape index (κ1) is 20.3. The van der Waals surface area contributed by atoms with Crippen LogP contribution in [0.5, 0.6) is 0 Å². The second-order valence-corrected chi connectivity index (χ2v) is 9.97. The van der Waals surface area contributed by atoms with Crippen LogP contribution in [0, 0.1) is 0 Å². The van der Waals surface area contributed by atoms with E-state index >= 15 is 0 Å². The summed E-state index contributed by atoms with van der Waals surface area (Å²) in [6, 6.07) is 16.0. The van der Waals surface area contributed by atoms with Gasteiger partial charge in [0.05, 0.1) is 10.7 Å². The lowest BCUT2D eigenvalue weighted by Crippen LogP contribution is -2.15. The van der Waals surface area contributed by atoms with Crippen LogP contribution in [-0.2, 0) is 12.8 Å². The fraction of sp³-hybridized carbons (Fsp3) is 0.455. The van der Waals surface area contributed by atoms with Crippen molar-refractivity contribution < 1.29 is 0 Å². The quantitative estimate of drug-likeness (QED) is 0.558. The first-order chi connectivity index (χ1) is 13.8. The van der Waals surface area contributed by atoms with Crippen molar-refractivity contribution in [3.63, 3.8) is 0 Å². The Hall–Kier alpha value is -1.02. The topological polar surface area (TPSA) is 76.1 Å². The molecule has 3 unspecified atom stereocenters. The summed E-state index contributed by atoms with van der Waals surface area (Å²) in [6.07, 6.45) is 1.85. The smallest absolute Gasteiger partial charge is 0.0796 e. The maximum atomic E-state index is 5.80. The Morgan fingerprint density at radius 1 is 0.857 bits per heavy atom. The van der Waals surface area contributed by atoms with Crippen LogP contribution in [0.15, 0.2) is 42.5 Å². The average molecular weight is 415 g/mol. The molecule has 2 aliphatic heterocycles. The van der Waals surface area contributed by atoms with Crippen molar-refractivity contribution in [1.29, 1.82) is 0 Å². The van der Waals surface area contributed by atoms with E-state index in [1.54, 1.807) is 0 Å². The molecule has 4 rings (SSSR count). The van der Waals surface area contributed by atoms with Gasteiger partial charge in [-0.05, 0) is 53.7 Å². The van der Waals surface area contributed by atoms with Gasteiger partial charge < -0.3 is 22.1 Å². The molecule has 0 bridgehead atoms. The third kappa shape index (κ3) is 4.75. The van der Waals surface area contributed by atoms with Crippen molar-refractivity contribution in [3.8, 4) is 0 Å². The minimum absolute atomic E-state index is 0.340. The second kappa shape index (κ2) is 9.65. The molecule has 0 spiro atoms. The lowest BCUT2D eigenvalue weighted by atomic mass is 9.99. The molecule has 0 radical (unpaired) electrons. The van der Waals surface area contributed by atoms with E-state index in [1.165, 1.54) is 33.6 Å². The van der Waals surface area contributed by atoms with E-state index in [4.69, 9.17) is 11.5 Å². The van der Waals surface area contributed by atoms with Gasteiger partial charge in [-0.15, -0.1) is 23.5 Å². The van der Waals surface area contributed by atoms with Crippen LogP contribution < -0.4 is 22.1 Å². The highest BCUT2D eigenvalue weighted by Crippen LogP contribution is 2.45. The second-order valence-electron chi connectivity index (χ2n) is 7.45. The summed E-state index contributed by atoms with van der Waals surface area (Å²) in [7, 11) is 0. The molecule has 0 aromatic heterocycles. The Morgan fingerprint density at radius 2 is 1.57 bits per heavy atom. The summed E-state index contributed by atoms with van der Waals surface area (Å²) in [5, 5.41) is 8.54. The van der Waals surface area contributed by atoms with Gasteiger partial charge in [-0.3, -0.25) is 0 Å². The van der Waals surface area contributed by atoms with Crippen LogP contribution >= 0.6 is 23.5 Å². The third-order valence-electron chi connectivity index (χ3n) is 5.33. The highest BCUT2D eigenvalue weighted by atomic mass is 32.2. The predicted molar refractivity (Wildman–Crippen MR) is 123 cm³/mol. The number of nitrogens with two attached hydrogens (primary N) is 2. The zero-order chi connectivity index (χ0) is 19.3. The van der Waals surface area contributed by atoms with Crippen molar-refractivity contribution in [2.75, 3.05) is 31.9 Å². The van der Waals surface area contributed by atoms with Gasteiger partial charge in [0, 0.05) is 24.1 Å². The molecule has 2 saturated heterocycles. The SMILES string of the molecule is NCCc1cc(CCN)cc(C2CNC(c3cccc(C4NCCS4)c3)S2)c1. The molecule has 2 fully saturated rings. The molecule has 0 saturated carbocycles. The van der Waals surface area contributed by atoms with Gasteiger partial charge in [0.15, 0.2) is 0 Å². The molecule has 0 amide bonds. The normalized spacial score (nSPS) is 24.7. The van der Waals surface area contributed by atoms with Gasteiger partial charge >= 0.3 is 0 Å². The molecule has 150 valence electrons. The van der Waals surface area contributed by atoms with Gasteiger partial charge in [-0.1, -0.05) is 42.5 Å². The molecule has 3 atom stereocenters. The number of rotatable bonds is 7. The van der Waals surface area contributed by atoms with E-state index in [0.29, 0.717) is 29.1 Å². The van der Waals surface area contributed by atoms with Gasteiger partial charge in [0.25, 0.3) is 0 Å². The fourth-order valence-electron chi connectivity index (χ4n) is 3.99. The number of thioether (sulfide) groups is 2. The van der Waals surface area contributed by atoms with E-state index in [2.05, 4.69) is 53.1 Å². The van der Waals surface area contributed by atoms with E-state index in [-0.39, 0.29) is 0 Å². The lowest BCUT2D eigenvalue weighted by molar-refractivity contribution is 0.709. The van der Waals surface area contributed by atoms with Crippen molar-refractivity contribution in [3.05, 3.63) is 70.3 Å². The van der Waals surface area contributed by atoms with Gasteiger partial charge in [0.1, 0.15) is 0 Å². The molecule has 2 heterocycles. The minimum Gasteiger partial charge on any atom is -0.330 e. The fourth-order valence-corrected chi connectivity index (χ4v) is 6.35. The zero-order valence-corrected chi connectivity index (χ0v) is 17.8. The van der Waals surface area contributed by atoms with Gasteiger partial charge in [-0.25, -0.2) is 0 Å². The number of hydrogen-bond acceptors (Lipinski definition) is 6. The van der Waals surface area contributed by atoms with E-state index in [1.807, 2.05) is 23.5 Å². The summed E-state index contributed by atoms with van der Waals surface area (Å²) in [6.45, 7) is 3.46. The molecule has 2 aromatic carbocycles. The minimum atomic E-state index is 0.340. The molecule has 6 heteroatoms. The highest BCUT2D eigenvalue weighted by Gasteiger charge is 2.28. The summed E-state index contributed by atoms with van der Waals surface area (Å²) in [4.78, 5) is 0. The van der Waals surface area contributed by atoms with Crippen LogP contribution in [0.25, 0.3) is 0 Å². The van der Waals surface area contributed by atoms with Crippen LogP contribution in [0.3, 0.4) is 0 Å². The van der Waals surface area contributed by atoms with Crippen LogP contribution in [-0.4, -0.2) is 31.9 Å². The summed E-state index contributed by atoms with van der Waals surface area (Å²) < 4.78 is 0. The largest absolute Gasteiger partial charge is 0.330 e. The molecular weight excluding hydrogens is 384 g/mol. The maximum absolute atomic E-state index is 5.80.